The number of aromatic nitrogens is 2. The molecule has 3 aromatic carbocycles. The van der Waals surface area contributed by atoms with Crippen molar-refractivity contribution >= 4 is 39.0 Å². The molecule has 2 aromatic heterocycles. The second kappa shape index (κ2) is 12.7. The number of rotatable bonds is 10. The van der Waals surface area contributed by atoms with Crippen LogP contribution in [0.4, 0.5) is 11.5 Å². The molecule has 8 heteroatoms. The van der Waals surface area contributed by atoms with Gasteiger partial charge in [0.25, 0.3) is 0 Å². The molecule has 7 nitrogen and oxygen atoms in total. The van der Waals surface area contributed by atoms with E-state index in [2.05, 4.69) is 32.7 Å². The van der Waals surface area contributed by atoms with E-state index in [-0.39, 0.29) is 18.6 Å². The number of benzene rings is 3. The molecule has 202 valence electrons. The first-order valence-corrected chi connectivity index (χ1v) is 13.8. The van der Waals surface area contributed by atoms with Gasteiger partial charge in [0, 0.05) is 28.7 Å². The average molecular weight is 550 g/mol. The normalized spacial score (nSPS) is 12.2. The smallest absolute Gasteiger partial charge is 0.248 e. The summed E-state index contributed by atoms with van der Waals surface area (Å²) in [5.41, 5.74) is 4.68. The summed E-state index contributed by atoms with van der Waals surface area (Å²) < 4.78 is 0. The lowest BCUT2D eigenvalue weighted by molar-refractivity contribution is -0.111. The zero-order valence-electron chi connectivity index (χ0n) is 22.4. The second-order valence-electron chi connectivity index (χ2n) is 9.60. The van der Waals surface area contributed by atoms with E-state index in [9.17, 15) is 9.90 Å². The molecule has 1 atom stereocenters. The van der Waals surface area contributed by atoms with Crippen molar-refractivity contribution in [2.24, 2.45) is 0 Å². The van der Waals surface area contributed by atoms with Crippen molar-refractivity contribution in [1.29, 1.82) is 0 Å². The van der Waals surface area contributed by atoms with E-state index in [1.54, 1.807) is 23.7 Å². The Kier molecular flexibility index (Phi) is 8.61. The van der Waals surface area contributed by atoms with Crippen LogP contribution in [0.1, 0.15) is 11.6 Å². The number of fused-ring (bicyclic) bond motifs is 1. The number of aliphatic hydroxyl groups excluding tert-OH is 1. The topological polar surface area (TPSA) is 90.4 Å². The van der Waals surface area contributed by atoms with Crippen molar-refractivity contribution < 1.29 is 9.90 Å². The highest BCUT2D eigenvalue weighted by atomic mass is 32.1. The minimum Gasteiger partial charge on any atom is -0.394 e. The standard InChI is InChI=1S/C32H31N5O2S/c1-37(2)18-10-17-27(39)35-25-16-9-15-24(19-25)30-28(23-13-7-4-8-14-23)29-31(33-21-34-32(29)40-30)36-26(20-38)22-11-5-3-6-12-22/h3-17,19,21,26,38H,18,20H2,1-2H3,(H,35,39)(H,33,34,36). The lowest BCUT2D eigenvalue weighted by Gasteiger charge is -2.18. The highest BCUT2D eigenvalue weighted by Crippen LogP contribution is 2.46. The van der Waals surface area contributed by atoms with Gasteiger partial charge in [0.1, 0.15) is 17.0 Å². The van der Waals surface area contributed by atoms with E-state index in [1.807, 2.05) is 97.9 Å². The fraction of sp³-hybridized carbons (Fsp3) is 0.156. The van der Waals surface area contributed by atoms with Crippen LogP contribution in [0, 0.1) is 0 Å². The third kappa shape index (κ3) is 6.26. The van der Waals surface area contributed by atoms with Crippen LogP contribution in [0.25, 0.3) is 31.8 Å². The maximum absolute atomic E-state index is 12.5. The summed E-state index contributed by atoms with van der Waals surface area (Å²) in [6, 6.07) is 27.5. The number of amides is 1. The van der Waals surface area contributed by atoms with Gasteiger partial charge in [-0.15, -0.1) is 11.3 Å². The largest absolute Gasteiger partial charge is 0.394 e. The SMILES string of the molecule is CN(C)CC=CC(=O)Nc1cccc(-c2sc3ncnc(NC(CO)c4ccccc4)c3c2-c2ccccc2)c1. The Bertz CT molecular complexity index is 1620. The summed E-state index contributed by atoms with van der Waals surface area (Å²) in [6.45, 7) is 0.604. The van der Waals surface area contributed by atoms with Crippen LogP contribution < -0.4 is 10.6 Å². The highest BCUT2D eigenvalue weighted by molar-refractivity contribution is 7.22. The maximum atomic E-state index is 12.5. The van der Waals surface area contributed by atoms with Crippen molar-refractivity contribution in [2.75, 3.05) is 37.9 Å². The van der Waals surface area contributed by atoms with E-state index in [1.165, 1.54) is 0 Å². The summed E-state index contributed by atoms with van der Waals surface area (Å²) in [4.78, 5) is 25.6. The molecule has 3 N–H and O–H groups in total. The molecule has 0 saturated heterocycles. The predicted molar refractivity (Wildman–Crippen MR) is 165 cm³/mol. The number of nitrogens with zero attached hydrogens (tertiary/aromatic N) is 3. The Labute approximate surface area is 237 Å². The predicted octanol–water partition coefficient (Wildman–Crippen LogP) is 6.23. The van der Waals surface area contributed by atoms with Crippen molar-refractivity contribution in [3.63, 3.8) is 0 Å². The molecular formula is C32H31N5O2S. The molecule has 0 fully saturated rings. The average Bonchev–Trinajstić information content (AvgIpc) is 3.37. The van der Waals surface area contributed by atoms with Gasteiger partial charge >= 0.3 is 0 Å². The van der Waals surface area contributed by atoms with Gasteiger partial charge in [-0.1, -0.05) is 78.9 Å². The minimum atomic E-state index is -0.328. The molecule has 0 aliphatic heterocycles. The molecule has 40 heavy (non-hydrogen) atoms. The number of anilines is 2. The van der Waals surface area contributed by atoms with Gasteiger partial charge in [-0.2, -0.15) is 0 Å². The van der Waals surface area contributed by atoms with Crippen LogP contribution in [0.2, 0.25) is 0 Å². The van der Waals surface area contributed by atoms with Crippen molar-refractivity contribution in [1.82, 2.24) is 14.9 Å². The molecule has 0 aliphatic rings. The molecular weight excluding hydrogens is 518 g/mol. The molecule has 0 radical (unpaired) electrons. The van der Waals surface area contributed by atoms with E-state index < -0.39 is 0 Å². The van der Waals surface area contributed by atoms with Crippen LogP contribution in [-0.2, 0) is 4.79 Å². The molecule has 0 bridgehead atoms. The number of hydrogen-bond donors (Lipinski definition) is 3. The zero-order chi connectivity index (χ0) is 27.9. The summed E-state index contributed by atoms with van der Waals surface area (Å²) in [5, 5.41) is 17.6. The Morgan fingerprint density at radius 2 is 1.70 bits per heavy atom. The Balaban J connectivity index is 1.58. The van der Waals surface area contributed by atoms with Crippen LogP contribution in [0.15, 0.2) is 103 Å². The Morgan fingerprint density at radius 1 is 0.975 bits per heavy atom. The first kappa shape index (κ1) is 27.2. The van der Waals surface area contributed by atoms with E-state index >= 15 is 0 Å². The van der Waals surface area contributed by atoms with Gasteiger partial charge in [0.2, 0.25) is 5.91 Å². The Hall–Kier alpha value is -4.37. The second-order valence-corrected chi connectivity index (χ2v) is 10.6. The van der Waals surface area contributed by atoms with Gasteiger partial charge in [0.15, 0.2) is 0 Å². The number of carbonyl (C=O) groups is 1. The van der Waals surface area contributed by atoms with E-state index in [0.717, 1.165) is 37.3 Å². The minimum absolute atomic E-state index is 0.0854. The summed E-state index contributed by atoms with van der Waals surface area (Å²) in [7, 11) is 3.91. The lowest BCUT2D eigenvalue weighted by Crippen LogP contribution is -2.15. The number of thiophene rings is 1. The fourth-order valence-corrected chi connectivity index (χ4v) is 5.66. The van der Waals surface area contributed by atoms with Crippen LogP contribution in [0.5, 0.6) is 0 Å². The third-order valence-electron chi connectivity index (χ3n) is 6.38. The number of likely N-dealkylation sites (N-methyl/N-ethyl adjacent to an activating group) is 1. The number of nitrogens with one attached hydrogen (secondary N) is 2. The third-order valence-corrected chi connectivity index (χ3v) is 7.53. The monoisotopic (exact) mass is 549 g/mol. The summed E-state index contributed by atoms with van der Waals surface area (Å²) in [6.07, 6.45) is 4.94. The molecule has 1 unspecified atom stereocenters. The van der Waals surface area contributed by atoms with Crippen molar-refractivity contribution in [3.05, 3.63) is 109 Å². The molecule has 5 aromatic rings. The molecule has 0 spiro atoms. The van der Waals surface area contributed by atoms with Gasteiger partial charge < -0.3 is 20.6 Å². The van der Waals surface area contributed by atoms with Crippen molar-refractivity contribution in [3.8, 4) is 21.6 Å². The van der Waals surface area contributed by atoms with E-state index in [0.29, 0.717) is 18.1 Å². The summed E-state index contributed by atoms with van der Waals surface area (Å²) in [5.74, 6) is 0.483. The highest BCUT2D eigenvalue weighted by Gasteiger charge is 2.22. The first-order valence-electron chi connectivity index (χ1n) is 13.0. The fourth-order valence-electron chi connectivity index (χ4n) is 4.50. The van der Waals surface area contributed by atoms with Crippen LogP contribution >= 0.6 is 11.3 Å². The van der Waals surface area contributed by atoms with Crippen LogP contribution in [0.3, 0.4) is 0 Å². The molecule has 5 rings (SSSR count). The zero-order valence-corrected chi connectivity index (χ0v) is 23.2. The number of aliphatic hydroxyl groups is 1. The molecule has 0 aliphatic carbocycles. The lowest BCUT2D eigenvalue weighted by atomic mass is 9.99. The number of carbonyl (C=O) groups excluding carboxylic acids is 1. The van der Waals surface area contributed by atoms with Crippen LogP contribution in [-0.4, -0.2) is 53.1 Å². The maximum Gasteiger partial charge on any atom is 0.248 e. The van der Waals surface area contributed by atoms with Gasteiger partial charge in [0.05, 0.1) is 18.0 Å². The Morgan fingerprint density at radius 3 is 2.42 bits per heavy atom. The van der Waals surface area contributed by atoms with Gasteiger partial charge in [-0.25, -0.2) is 9.97 Å². The van der Waals surface area contributed by atoms with Crippen molar-refractivity contribution in [2.45, 2.75) is 6.04 Å². The van der Waals surface area contributed by atoms with Gasteiger partial charge in [-0.05, 0) is 42.9 Å². The first-order chi connectivity index (χ1) is 19.5. The van der Waals surface area contributed by atoms with Gasteiger partial charge in [-0.3, -0.25) is 4.79 Å². The molecule has 1 amide bonds. The summed E-state index contributed by atoms with van der Waals surface area (Å²) >= 11 is 1.58. The molecule has 2 heterocycles. The molecule has 0 saturated carbocycles. The quantitative estimate of drug-likeness (QED) is 0.179. The number of hydrogen-bond acceptors (Lipinski definition) is 7. The van der Waals surface area contributed by atoms with E-state index in [4.69, 9.17) is 0 Å².